The van der Waals surface area contributed by atoms with Crippen molar-refractivity contribution in [2.75, 3.05) is 13.1 Å². The summed E-state index contributed by atoms with van der Waals surface area (Å²) >= 11 is 0. The van der Waals surface area contributed by atoms with Gasteiger partial charge in [0.15, 0.2) is 0 Å². The standard InChI is InChI=1S/C23H26FN3O5/c1-23(2,3)32-22(31)26-9-8-15(17(24)12-26)13-4-5-16-14(10-13)11-27(21(16)30)18-6-7-19(28)25-20(18)29/h4-5,10,18H,6-9,11-12H2,1-3H3,(H,25,28,29). The summed E-state index contributed by atoms with van der Waals surface area (Å²) in [6.45, 7) is 5.68. The maximum Gasteiger partial charge on any atom is 0.410 e. The number of carbonyl (C=O) groups excluding carboxylic acids is 4. The zero-order chi connectivity index (χ0) is 23.2. The third-order valence-electron chi connectivity index (χ3n) is 5.81. The van der Waals surface area contributed by atoms with Crippen LogP contribution in [0.1, 0.15) is 61.5 Å². The van der Waals surface area contributed by atoms with Crippen LogP contribution in [0.2, 0.25) is 0 Å². The highest BCUT2D eigenvalue weighted by Crippen LogP contribution is 2.34. The van der Waals surface area contributed by atoms with Crippen LogP contribution in [-0.2, 0) is 20.9 Å². The van der Waals surface area contributed by atoms with E-state index in [0.29, 0.717) is 35.2 Å². The van der Waals surface area contributed by atoms with E-state index in [1.54, 1.807) is 39.0 Å². The number of ether oxygens (including phenoxy) is 1. The fourth-order valence-electron chi connectivity index (χ4n) is 4.27. The number of amides is 4. The first-order chi connectivity index (χ1) is 15.0. The van der Waals surface area contributed by atoms with E-state index in [1.807, 2.05) is 0 Å². The molecule has 1 saturated heterocycles. The van der Waals surface area contributed by atoms with Crippen molar-refractivity contribution in [2.24, 2.45) is 0 Å². The molecule has 4 rings (SSSR count). The molecule has 4 amide bonds. The lowest BCUT2D eigenvalue weighted by Gasteiger charge is -2.30. The molecule has 1 atom stereocenters. The molecule has 3 aliphatic rings. The predicted octanol–water partition coefficient (Wildman–Crippen LogP) is 2.77. The van der Waals surface area contributed by atoms with Gasteiger partial charge in [-0.2, -0.15) is 0 Å². The summed E-state index contributed by atoms with van der Waals surface area (Å²) in [5, 5.41) is 2.28. The monoisotopic (exact) mass is 443 g/mol. The molecule has 1 unspecified atom stereocenters. The minimum Gasteiger partial charge on any atom is -0.444 e. The molecule has 1 aromatic rings. The molecule has 32 heavy (non-hydrogen) atoms. The number of halogens is 1. The third kappa shape index (κ3) is 4.24. The number of nitrogens with one attached hydrogen (secondary N) is 1. The molecule has 170 valence electrons. The molecule has 1 N–H and O–H groups in total. The largest absolute Gasteiger partial charge is 0.444 e. The molecule has 1 aromatic carbocycles. The lowest BCUT2D eigenvalue weighted by molar-refractivity contribution is -0.136. The Labute approximate surface area is 185 Å². The molecule has 0 saturated carbocycles. The molecule has 0 radical (unpaired) electrons. The first-order valence-electron chi connectivity index (χ1n) is 10.7. The molecule has 0 bridgehead atoms. The highest BCUT2D eigenvalue weighted by atomic mass is 19.1. The molecule has 8 nitrogen and oxygen atoms in total. The summed E-state index contributed by atoms with van der Waals surface area (Å²) in [4.78, 5) is 51.5. The lowest BCUT2D eigenvalue weighted by atomic mass is 9.95. The average molecular weight is 443 g/mol. The van der Waals surface area contributed by atoms with Crippen molar-refractivity contribution in [3.8, 4) is 0 Å². The van der Waals surface area contributed by atoms with Gasteiger partial charge in [-0.1, -0.05) is 6.07 Å². The van der Waals surface area contributed by atoms with Crippen LogP contribution in [-0.4, -0.2) is 58.3 Å². The van der Waals surface area contributed by atoms with Gasteiger partial charge in [0.1, 0.15) is 17.5 Å². The van der Waals surface area contributed by atoms with Gasteiger partial charge in [0.05, 0.1) is 6.54 Å². The van der Waals surface area contributed by atoms with Crippen molar-refractivity contribution >= 4 is 29.4 Å². The lowest BCUT2D eigenvalue weighted by Crippen LogP contribution is -2.52. The first kappa shape index (κ1) is 22.0. The van der Waals surface area contributed by atoms with Gasteiger partial charge < -0.3 is 14.5 Å². The van der Waals surface area contributed by atoms with Gasteiger partial charge >= 0.3 is 6.09 Å². The Hall–Kier alpha value is -3.23. The Balaban J connectivity index is 1.51. The molecule has 0 spiro atoms. The zero-order valence-corrected chi connectivity index (χ0v) is 18.4. The quantitative estimate of drug-likeness (QED) is 0.709. The number of hydrogen-bond acceptors (Lipinski definition) is 5. The molecule has 9 heteroatoms. The minimum absolute atomic E-state index is 0.164. The van der Waals surface area contributed by atoms with Gasteiger partial charge in [0.25, 0.3) is 5.91 Å². The molecule has 1 fully saturated rings. The van der Waals surface area contributed by atoms with Crippen LogP contribution in [0.4, 0.5) is 9.18 Å². The summed E-state index contributed by atoms with van der Waals surface area (Å²) in [5.74, 6) is -1.48. The molecular weight excluding hydrogens is 417 g/mol. The SMILES string of the molecule is CC(C)(C)OC(=O)N1CCC(c2ccc3c(c2)CN(C2CCC(=O)NC2=O)C3=O)=C(F)C1. The summed E-state index contributed by atoms with van der Waals surface area (Å²) in [7, 11) is 0. The highest BCUT2D eigenvalue weighted by Gasteiger charge is 2.39. The maximum absolute atomic E-state index is 14.9. The third-order valence-corrected chi connectivity index (χ3v) is 5.81. The van der Waals surface area contributed by atoms with Gasteiger partial charge in [-0.15, -0.1) is 0 Å². The number of fused-ring (bicyclic) bond motifs is 1. The molecule has 3 aliphatic heterocycles. The van der Waals surface area contributed by atoms with Crippen molar-refractivity contribution in [2.45, 2.75) is 58.2 Å². The van der Waals surface area contributed by atoms with E-state index in [9.17, 15) is 23.6 Å². The van der Waals surface area contributed by atoms with Crippen LogP contribution >= 0.6 is 0 Å². The molecule has 0 aromatic heterocycles. The van der Waals surface area contributed by atoms with Gasteiger partial charge in [-0.05, 0) is 62.4 Å². The Morgan fingerprint density at radius 1 is 1.16 bits per heavy atom. The van der Waals surface area contributed by atoms with E-state index < -0.39 is 29.5 Å². The summed E-state index contributed by atoms with van der Waals surface area (Å²) < 4.78 is 20.3. The van der Waals surface area contributed by atoms with E-state index in [-0.39, 0.29) is 37.7 Å². The number of rotatable bonds is 2. The molecule has 0 aliphatic carbocycles. The Morgan fingerprint density at radius 3 is 2.56 bits per heavy atom. The first-order valence-corrected chi connectivity index (χ1v) is 10.7. The average Bonchev–Trinajstić information content (AvgIpc) is 3.02. The van der Waals surface area contributed by atoms with Crippen LogP contribution in [0.25, 0.3) is 5.57 Å². The van der Waals surface area contributed by atoms with E-state index in [2.05, 4.69) is 5.32 Å². The van der Waals surface area contributed by atoms with Gasteiger partial charge in [-0.3, -0.25) is 19.7 Å². The van der Waals surface area contributed by atoms with Crippen LogP contribution < -0.4 is 5.32 Å². The number of piperidine rings is 1. The molecular formula is C23H26FN3O5. The highest BCUT2D eigenvalue weighted by molar-refractivity contribution is 6.05. The van der Waals surface area contributed by atoms with Gasteiger partial charge in [0, 0.05) is 25.1 Å². The summed E-state index contributed by atoms with van der Waals surface area (Å²) in [5.41, 5.74) is 1.69. The van der Waals surface area contributed by atoms with Crippen LogP contribution in [0, 0.1) is 0 Å². The number of hydrogen-bond donors (Lipinski definition) is 1. The topological polar surface area (TPSA) is 96.0 Å². The zero-order valence-electron chi connectivity index (χ0n) is 18.4. The van der Waals surface area contributed by atoms with Gasteiger partial charge in [-0.25, -0.2) is 9.18 Å². The van der Waals surface area contributed by atoms with E-state index >= 15 is 0 Å². The smallest absolute Gasteiger partial charge is 0.410 e. The van der Waals surface area contributed by atoms with Crippen LogP contribution in [0.5, 0.6) is 0 Å². The fourth-order valence-corrected chi connectivity index (χ4v) is 4.27. The second-order valence-electron chi connectivity index (χ2n) is 9.31. The minimum atomic E-state index is -0.691. The van der Waals surface area contributed by atoms with Crippen LogP contribution in [0.3, 0.4) is 0 Å². The van der Waals surface area contributed by atoms with E-state index in [4.69, 9.17) is 4.74 Å². The van der Waals surface area contributed by atoms with Crippen molar-refractivity contribution in [3.05, 3.63) is 40.7 Å². The second-order valence-corrected chi connectivity index (χ2v) is 9.31. The Morgan fingerprint density at radius 2 is 1.91 bits per heavy atom. The normalized spacial score (nSPS) is 21.6. The number of imide groups is 1. The fraction of sp³-hybridized carbons (Fsp3) is 0.478. The predicted molar refractivity (Wildman–Crippen MR) is 113 cm³/mol. The number of nitrogens with zero attached hydrogens (tertiary/aromatic N) is 2. The van der Waals surface area contributed by atoms with Crippen LogP contribution in [0.15, 0.2) is 24.0 Å². The van der Waals surface area contributed by atoms with Crippen molar-refractivity contribution < 1.29 is 28.3 Å². The summed E-state index contributed by atoms with van der Waals surface area (Å²) in [6.07, 6.45) is 0.256. The van der Waals surface area contributed by atoms with Crippen molar-refractivity contribution in [1.82, 2.24) is 15.1 Å². The van der Waals surface area contributed by atoms with Gasteiger partial charge in [0.2, 0.25) is 11.8 Å². The van der Waals surface area contributed by atoms with Crippen molar-refractivity contribution in [1.29, 1.82) is 0 Å². The van der Waals surface area contributed by atoms with Crippen molar-refractivity contribution in [3.63, 3.8) is 0 Å². The van der Waals surface area contributed by atoms with E-state index in [1.165, 1.54) is 9.80 Å². The molecule has 3 heterocycles. The number of carbonyl (C=O) groups is 4. The van der Waals surface area contributed by atoms with E-state index in [0.717, 1.165) is 0 Å². The Kier molecular flexibility index (Phi) is 5.52. The second kappa shape index (κ2) is 8.03. The number of benzene rings is 1. The summed E-state index contributed by atoms with van der Waals surface area (Å²) in [6, 6.07) is 4.43. The maximum atomic E-state index is 14.9. The Bertz CT molecular complexity index is 1040.